The highest BCUT2D eigenvalue weighted by atomic mass is 19.3. The third-order valence-electron chi connectivity index (χ3n) is 4.60. The van der Waals surface area contributed by atoms with E-state index in [0.29, 0.717) is 25.4 Å². The Hall–Kier alpha value is -3.58. The van der Waals surface area contributed by atoms with E-state index in [1.54, 1.807) is 24.3 Å². The SMILES string of the molecule is COC(Cc1ccc(OCCCOc2ccc(Oc3ccccc3)cc2)cc1)C(=O)OF. The Morgan fingerprint density at radius 2 is 1.31 bits per heavy atom. The average molecular weight is 440 g/mol. The molecule has 32 heavy (non-hydrogen) atoms. The molecule has 0 amide bonds. The van der Waals surface area contributed by atoms with Crippen molar-refractivity contribution in [2.75, 3.05) is 20.3 Å². The molecule has 0 saturated heterocycles. The van der Waals surface area contributed by atoms with Gasteiger partial charge in [0.15, 0.2) is 6.10 Å². The molecule has 0 aromatic heterocycles. The van der Waals surface area contributed by atoms with Crippen molar-refractivity contribution >= 4 is 5.97 Å². The zero-order valence-electron chi connectivity index (χ0n) is 17.7. The Morgan fingerprint density at radius 3 is 1.88 bits per heavy atom. The lowest BCUT2D eigenvalue weighted by Crippen LogP contribution is -2.25. The lowest BCUT2D eigenvalue weighted by Gasteiger charge is -2.12. The van der Waals surface area contributed by atoms with Crippen molar-refractivity contribution in [2.24, 2.45) is 0 Å². The fourth-order valence-corrected chi connectivity index (χ4v) is 2.92. The third kappa shape index (κ3) is 7.28. The minimum Gasteiger partial charge on any atom is -0.493 e. The van der Waals surface area contributed by atoms with Gasteiger partial charge in [0.25, 0.3) is 0 Å². The number of para-hydroxylation sites is 1. The first-order valence-electron chi connectivity index (χ1n) is 10.2. The number of halogens is 1. The maximum absolute atomic E-state index is 12.0. The number of rotatable bonds is 12. The van der Waals surface area contributed by atoms with Gasteiger partial charge in [0.2, 0.25) is 0 Å². The molecule has 0 spiro atoms. The molecule has 3 rings (SSSR count). The highest BCUT2D eigenvalue weighted by molar-refractivity contribution is 5.74. The van der Waals surface area contributed by atoms with Gasteiger partial charge in [-0.15, -0.1) is 0 Å². The second-order valence-electron chi connectivity index (χ2n) is 6.91. The van der Waals surface area contributed by atoms with Crippen LogP contribution < -0.4 is 14.2 Å². The van der Waals surface area contributed by atoms with E-state index in [2.05, 4.69) is 4.94 Å². The molecular formula is C25H25FO6. The Bertz CT molecular complexity index is 944. The summed E-state index contributed by atoms with van der Waals surface area (Å²) in [6.07, 6.45) is -0.0661. The van der Waals surface area contributed by atoms with E-state index in [1.807, 2.05) is 54.6 Å². The van der Waals surface area contributed by atoms with Gasteiger partial charge in [-0.1, -0.05) is 30.3 Å². The fourth-order valence-electron chi connectivity index (χ4n) is 2.92. The van der Waals surface area contributed by atoms with E-state index < -0.39 is 12.1 Å². The standard InChI is InChI=1S/C25H25FO6/c1-28-24(25(27)32-26)18-19-8-10-20(11-9-19)29-16-5-17-30-21-12-14-23(15-13-21)31-22-6-3-2-4-7-22/h2-4,6-15,24H,5,16-18H2,1H3. The maximum Gasteiger partial charge on any atom is 0.377 e. The number of carbonyl (C=O) groups excluding carboxylic acids is 1. The van der Waals surface area contributed by atoms with Crippen molar-refractivity contribution in [3.63, 3.8) is 0 Å². The highest BCUT2D eigenvalue weighted by Gasteiger charge is 2.20. The highest BCUT2D eigenvalue weighted by Crippen LogP contribution is 2.23. The van der Waals surface area contributed by atoms with Crippen LogP contribution in [-0.2, 0) is 20.9 Å². The summed E-state index contributed by atoms with van der Waals surface area (Å²) >= 11 is 0. The minimum atomic E-state index is -1.05. The number of methoxy groups -OCH3 is 1. The Morgan fingerprint density at radius 1 is 0.781 bits per heavy atom. The van der Waals surface area contributed by atoms with Gasteiger partial charge in [0, 0.05) is 24.5 Å². The summed E-state index contributed by atoms with van der Waals surface area (Å²) in [6.45, 7) is 1.00. The summed E-state index contributed by atoms with van der Waals surface area (Å²) in [5, 5.41) is 0. The molecular weight excluding hydrogens is 415 g/mol. The summed E-state index contributed by atoms with van der Waals surface area (Å²) in [4.78, 5) is 14.5. The van der Waals surface area contributed by atoms with Crippen LogP contribution in [0.15, 0.2) is 78.9 Å². The molecule has 0 aliphatic carbocycles. The second kappa shape index (κ2) is 12.3. The number of benzene rings is 3. The lowest BCUT2D eigenvalue weighted by molar-refractivity contribution is -0.195. The Kier molecular flexibility index (Phi) is 8.89. The molecule has 0 saturated carbocycles. The van der Waals surface area contributed by atoms with Gasteiger partial charge in [0.1, 0.15) is 23.0 Å². The first kappa shape index (κ1) is 23.1. The number of ether oxygens (including phenoxy) is 4. The maximum atomic E-state index is 12.0. The molecule has 0 heterocycles. The van der Waals surface area contributed by atoms with Crippen LogP contribution in [0, 0.1) is 0 Å². The van der Waals surface area contributed by atoms with Crippen LogP contribution in [-0.4, -0.2) is 32.4 Å². The molecule has 6 nitrogen and oxygen atoms in total. The molecule has 0 bridgehead atoms. The molecule has 0 aliphatic rings. The van der Waals surface area contributed by atoms with Gasteiger partial charge in [-0.25, -0.2) is 4.79 Å². The van der Waals surface area contributed by atoms with Crippen molar-refractivity contribution in [3.05, 3.63) is 84.4 Å². The van der Waals surface area contributed by atoms with Crippen molar-refractivity contribution in [1.82, 2.24) is 0 Å². The van der Waals surface area contributed by atoms with Crippen molar-refractivity contribution in [2.45, 2.75) is 18.9 Å². The summed E-state index contributed by atoms with van der Waals surface area (Å²) in [5.74, 6) is 1.93. The molecule has 0 aliphatic heterocycles. The largest absolute Gasteiger partial charge is 0.493 e. The second-order valence-corrected chi connectivity index (χ2v) is 6.91. The molecule has 7 heteroatoms. The van der Waals surface area contributed by atoms with Crippen molar-refractivity contribution < 1.29 is 33.2 Å². The average Bonchev–Trinajstić information content (AvgIpc) is 2.84. The van der Waals surface area contributed by atoms with Crippen LogP contribution in [0.25, 0.3) is 0 Å². The van der Waals surface area contributed by atoms with Crippen LogP contribution in [0.5, 0.6) is 23.0 Å². The minimum absolute atomic E-state index is 0.211. The van der Waals surface area contributed by atoms with Gasteiger partial charge in [-0.2, -0.15) is 0 Å². The van der Waals surface area contributed by atoms with Gasteiger partial charge in [-0.3, -0.25) is 4.94 Å². The molecule has 1 unspecified atom stereocenters. The van der Waals surface area contributed by atoms with E-state index >= 15 is 0 Å². The molecule has 0 fully saturated rings. The zero-order valence-corrected chi connectivity index (χ0v) is 17.7. The molecule has 1 atom stereocenters. The summed E-state index contributed by atoms with van der Waals surface area (Å²) in [5.41, 5.74) is 0.803. The summed E-state index contributed by atoms with van der Waals surface area (Å²) in [6, 6.07) is 24.2. The van der Waals surface area contributed by atoms with E-state index in [4.69, 9.17) is 18.9 Å². The number of hydrogen-bond donors (Lipinski definition) is 0. The van der Waals surface area contributed by atoms with Gasteiger partial charge in [-0.05, 0) is 54.1 Å². The molecule has 0 radical (unpaired) electrons. The topological polar surface area (TPSA) is 63.2 Å². The third-order valence-corrected chi connectivity index (χ3v) is 4.60. The molecule has 0 N–H and O–H groups in total. The van der Waals surface area contributed by atoms with Gasteiger partial charge >= 0.3 is 5.97 Å². The number of hydrogen-bond acceptors (Lipinski definition) is 6. The summed E-state index contributed by atoms with van der Waals surface area (Å²) < 4.78 is 34.2. The van der Waals surface area contributed by atoms with E-state index in [9.17, 15) is 9.32 Å². The molecule has 3 aromatic rings. The van der Waals surface area contributed by atoms with Crippen molar-refractivity contribution in [1.29, 1.82) is 0 Å². The normalized spacial score (nSPS) is 11.4. The van der Waals surface area contributed by atoms with E-state index in [-0.39, 0.29) is 6.42 Å². The Balaban J connectivity index is 1.35. The fraction of sp³-hybridized carbons (Fsp3) is 0.240. The van der Waals surface area contributed by atoms with Crippen molar-refractivity contribution in [3.8, 4) is 23.0 Å². The first-order chi connectivity index (χ1) is 15.7. The molecule has 3 aromatic carbocycles. The predicted molar refractivity (Wildman–Crippen MR) is 117 cm³/mol. The smallest absolute Gasteiger partial charge is 0.377 e. The van der Waals surface area contributed by atoms with Crippen LogP contribution in [0.3, 0.4) is 0 Å². The van der Waals surface area contributed by atoms with Crippen LogP contribution in [0.1, 0.15) is 12.0 Å². The zero-order chi connectivity index (χ0) is 22.6. The predicted octanol–water partition coefficient (Wildman–Crippen LogP) is 5.31. The van der Waals surface area contributed by atoms with Gasteiger partial charge < -0.3 is 18.9 Å². The van der Waals surface area contributed by atoms with E-state index in [0.717, 1.165) is 22.8 Å². The Labute approximate surface area is 186 Å². The number of carbonyl (C=O) groups is 1. The first-order valence-corrected chi connectivity index (χ1v) is 10.2. The molecule has 168 valence electrons. The quantitative estimate of drug-likeness (QED) is 0.356. The van der Waals surface area contributed by atoms with E-state index in [1.165, 1.54) is 7.11 Å². The van der Waals surface area contributed by atoms with Crippen LogP contribution >= 0.6 is 0 Å². The van der Waals surface area contributed by atoms with Crippen LogP contribution in [0.4, 0.5) is 4.53 Å². The lowest BCUT2D eigenvalue weighted by atomic mass is 10.1. The van der Waals surface area contributed by atoms with Crippen LogP contribution in [0.2, 0.25) is 0 Å². The van der Waals surface area contributed by atoms with Gasteiger partial charge in [0.05, 0.1) is 13.2 Å². The summed E-state index contributed by atoms with van der Waals surface area (Å²) in [7, 11) is 1.33. The monoisotopic (exact) mass is 440 g/mol.